The fourth-order valence-electron chi connectivity index (χ4n) is 2.78. The van der Waals surface area contributed by atoms with Crippen LogP contribution >= 0.6 is 11.6 Å². The van der Waals surface area contributed by atoms with Gasteiger partial charge in [-0.15, -0.1) is 0 Å². The van der Waals surface area contributed by atoms with Crippen LogP contribution in [0.4, 0.5) is 13.2 Å². The van der Waals surface area contributed by atoms with Gasteiger partial charge >= 0.3 is 6.18 Å². The average Bonchev–Trinajstić information content (AvgIpc) is 2.69. The first kappa shape index (κ1) is 21.0. The van der Waals surface area contributed by atoms with Crippen LogP contribution < -0.4 is 11.1 Å². The van der Waals surface area contributed by atoms with Gasteiger partial charge in [0.05, 0.1) is 22.5 Å². The predicted octanol–water partition coefficient (Wildman–Crippen LogP) is 4.47. The summed E-state index contributed by atoms with van der Waals surface area (Å²) in [5.41, 5.74) is 2.66. The Kier molecular flexibility index (Phi) is 5.48. The first-order valence-corrected chi connectivity index (χ1v) is 8.55. The van der Waals surface area contributed by atoms with Crippen LogP contribution in [0, 0.1) is 10.8 Å². The highest BCUT2D eigenvalue weighted by atomic mass is 35.5. The minimum Gasteiger partial charge on any atom is -0.366 e. The molecule has 0 fully saturated rings. The number of carbonyl (C=O) groups is 1. The lowest BCUT2D eigenvalue weighted by Crippen LogP contribution is -2.32. The summed E-state index contributed by atoms with van der Waals surface area (Å²) in [5.74, 6) is -0.760. The topological polar surface area (TPSA) is 67.5 Å². The highest BCUT2D eigenvalue weighted by Crippen LogP contribution is 2.42. The zero-order valence-electron chi connectivity index (χ0n) is 15.4. The second kappa shape index (κ2) is 7.03. The number of primary amides is 1. The summed E-state index contributed by atoms with van der Waals surface area (Å²) in [6.45, 7) is 6.56. The fraction of sp³-hybridized carbons (Fsp3) is 0.368. The lowest BCUT2D eigenvalue weighted by Gasteiger charge is -2.27. The van der Waals surface area contributed by atoms with Gasteiger partial charge in [-0.2, -0.15) is 13.2 Å². The average molecular weight is 400 g/mol. The van der Waals surface area contributed by atoms with Gasteiger partial charge in [-0.3, -0.25) is 4.79 Å². The van der Waals surface area contributed by atoms with E-state index in [9.17, 15) is 18.0 Å². The van der Waals surface area contributed by atoms with E-state index in [1.54, 1.807) is 18.2 Å². The van der Waals surface area contributed by atoms with E-state index in [0.29, 0.717) is 0 Å². The number of allylic oxidation sites excluding steroid dienone is 5. The molecular weight excluding hydrogens is 379 g/mol. The molecule has 0 bridgehead atoms. The molecule has 0 saturated heterocycles. The minimum atomic E-state index is -4.65. The van der Waals surface area contributed by atoms with E-state index in [1.165, 1.54) is 19.9 Å². The van der Waals surface area contributed by atoms with Gasteiger partial charge in [-0.05, 0) is 12.2 Å². The van der Waals surface area contributed by atoms with Crippen LogP contribution in [0.5, 0.6) is 0 Å². The van der Waals surface area contributed by atoms with Crippen LogP contribution in [0.3, 0.4) is 0 Å². The molecule has 0 spiro atoms. The SMILES string of the molecule is CC1(C)C=CC(NC2=C(C(F)(F)F)C(C)(C)C=NC(Cl)=C2)=C(C(N)=O)C=C1. The molecule has 3 N–H and O–H groups in total. The van der Waals surface area contributed by atoms with Gasteiger partial charge in [0.2, 0.25) is 0 Å². The van der Waals surface area contributed by atoms with Crippen LogP contribution in [-0.2, 0) is 4.79 Å². The maximum absolute atomic E-state index is 13.8. The van der Waals surface area contributed by atoms with Crippen molar-refractivity contribution in [2.24, 2.45) is 21.6 Å². The van der Waals surface area contributed by atoms with E-state index in [-0.39, 0.29) is 22.1 Å². The van der Waals surface area contributed by atoms with Crippen molar-refractivity contribution in [3.8, 4) is 0 Å². The number of alkyl halides is 3. The van der Waals surface area contributed by atoms with Gasteiger partial charge in [0.15, 0.2) is 0 Å². The number of nitrogens with two attached hydrogens (primary N) is 1. The molecule has 0 unspecified atom stereocenters. The third-order valence-electron chi connectivity index (χ3n) is 4.16. The second-order valence-electron chi connectivity index (χ2n) is 7.54. The molecule has 8 heteroatoms. The van der Waals surface area contributed by atoms with Gasteiger partial charge in [0.25, 0.3) is 5.91 Å². The quantitative estimate of drug-likeness (QED) is 0.687. The summed E-state index contributed by atoms with van der Waals surface area (Å²) in [7, 11) is 0. The Morgan fingerprint density at radius 2 is 1.74 bits per heavy atom. The second-order valence-corrected chi connectivity index (χ2v) is 7.93. The normalized spacial score (nSPS) is 21.7. The lowest BCUT2D eigenvalue weighted by molar-refractivity contribution is -0.114. The van der Waals surface area contributed by atoms with E-state index in [4.69, 9.17) is 17.3 Å². The molecule has 0 aromatic carbocycles. The van der Waals surface area contributed by atoms with Crippen LogP contribution in [0.25, 0.3) is 0 Å². The molecule has 2 aliphatic rings. The number of nitrogens with zero attached hydrogens (tertiary/aromatic N) is 1. The van der Waals surface area contributed by atoms with E-state index < -0.39 is 28.5 Å². The Morgan fingerprint density at radius 3 is 2.30 bits per heavy atom. The molecule has 1 heterocycles. The third-order valence-corrected chi connectivity index (χ3v) is 4.36. The van der Waals surface area contributed by atoms with Crippen molar-refractivity contribution in [2.45, 2.75) is 33.9 Å². The smallest absolute Gasteiger partial charge is 0.366 e. The van der Waals surface area contributed by atoms with Crippen molar-refractivity contribution >= 4 is 23.7 Å². The van der Waals surface area contributed by atoms with Crippen LogP contribution in [0.2, 0.25) is 0 Å². The van der Waals surface area contributed by atoms with Gasteiger partial charge in [0.1, 0.15) is 5.16 Å². The number of hydrogen-bond donors (Lipinski definition) is 2. The molecule has 0 atom stereocenters. The van der Waals surface area contributed by atoms with Crippen LogP contribution in [-0.4, -0.2) is 18.3 Å². The molecule has 0 aromatic heterocycles. The molecule has 1 amide bonds. The van der Waals surface area contributed by atoms with Gasteiger partial charge in [0, 0.05) is 17.0 Å². The maximum atomic E-state index is 13.8. The number of halogens is 4. The Labute approximate surface area is 161 Å². The largest absolute Gasteiger partial charge is 0.415 e. The first-order chi connectivity index (χ1) is 12.2. The molecule has 0 aromatic rings. The zero-order chi connectivity index (χ0) is 20.6. The standard InChI is InChI=1S/C19H21ClF3N3O/c1-17(2)7-5-11(16(24)27)12(6-8-17)26-13-9-14(20)25-10-18(3,4)15(13)19(21,22)23/h5-10,26H,1-4H3,(H2,24,27). The minimum absolute atomic E-state index is 0.0679. The molecule has 1 aliphatic carbocycles. The van der Waals surface area contributed by atoms with E-state index in [1.807, 2.05) is 13.8 Å². The van der Waals surface area contributed by atoms with Crippen molar-refractivity contribution in [1.29, 1.82) is 0 Å². The zero-order valence-corrected chi connectivity index (χ0v) is 16.2. The fourth-order valence-corrected chi connectivity index (χ4v) is 2.94. The molecular formula is C19H21ClF3N3O. The molecule has 146 valence electrons. The Bertz CT molecular complexity index is 841. The van der Waals surface area contributed by atoms with Gasteiger partial charge in [-0.25, -0.2) is 4.99 Å². The van der Waals surface area contributed by atoms with Gasteiger partial charge < -0.3 is 11.1 Å². The first-order valence-electron chi connectivity index (χ1n) is 8.17. The third kappa shape index (κ3) is 4.91. The Balaban J connectivity index is 2.69. The summed E-state index contributed by atoms with van der Waals surface area (Å²) >= 11 is 5.93. The number of carbonyl (C=O) groups excluding carboxylic acids is 1. The van der Waals surface area contributed by atoms with Crippen molar-refractivity contribution in [3.05, 3.63) is 58.1 Å². The predicted molar refractivity (Wildman–Crippen MR) is 101 cm³/mol. The van der Waals surface area contributed by atoms with Crippen molar-refractivity contribution in [1.82, 2.24) is 5.32 Å². The van der Waals surface area contributed by atoms with Crippen molar-refractivity contribution in [2.75, 3.05) is 0 Å². The number of hydrogen-bond acceptors (Lipinski definition) is 3. The number of aliphatic imine (C=N–C) groups is 1. The number of nitrogens with one attached hydrogen (secondary N) is 1. The monoisotopic (exact) mass is 399 g/mol. The molecule has 4 nitrogen and oxygen atoms in total. The summed E-state index contributed by atoms with van der Waals surface area (Å²) in [4.78, 5) is 15.7. The highest BCUT2D eigenvalue weighted by molar-refractivity contribution is 6.30. The lowest BCUT2D eigenvalue weighted by atomic mass is 9.83. The van der Waals surface area contributed by atoms with E-state index >= 15 is 0 Å². The van der Waals surface area contributed by atoms with Gasteiger partial charge in [-0.1, -0.05) is 57.5 Å². The van der Waals surface area contributed by atoms with Crippen molar-refractivity contribution in [3.63, 3.8) is 0 Å². The molecule has 0 saturated carbocycles. The Morgan fingerprint density at radius 1 is 1.15 bits per heavy atom. The molecule has 0 radical (unpaired) electrons. The highest BCUT2D eigenvalue weighted by Gasteiger charge is 2.45. The molecule has 2 rings (SSSR count). The van der Waals surface area contributed by atoms with Crippen LogP contribution in [0.1, 0.15) is 27.7 Å². The summed E-state index contributed by atoms with van der Waals surface area (Å²) in [6.07, 6.45) is 4.16. The van der Waals surface area contributed by atoms with E-state index in [2.05, 4.69) is 10.3 Å². The maximum Gasteiger partial charge on any atom is 0.415 e. The van der Waals surface area contributed by atoms with Crippen molar-refractivity contribution < 1.29 is 18.0 Å². The summed E-state index contributed by atoms with van der Waals surface area (Å²) in [6, 6.07) is 0. The Hall–Kier alpha value is -2.28. The van der Waals surface area contributed by atoms with Crippen LogP contribution in [0.15, 0.2) is 63.1 Å². The number of rotatable bonds is 3. The summed E-state index contributed by atoms with van der Waals surface area (Å²) in [5, 5.41) is 2.60. The molecule has 1 aliphatic heterocycles. The summed E-state index contributed by atoms with van der Waals surface area (Å²) < 4.78 is 41.5. The number of amides is 1. The molecule has 27 heavy (non-hydrogen) atoms. The van der Waals surface area contributed by atoms with E-state index in [0.717, 1.165) is 12.3 Å².